The van der Waals surface area contributed by atoms with E-state index in [9.17, 15) is 8.42 Å². The number of sulfonamides is 1. The van der Waals surface area contributed by atoms with Gasteiger partial charge in [-0.05, 0) is 25.1 Å². The molecule has 1 atom stereocenters. The average Bonchev–Trinajstić information content (AvgIpc) is 2.86. The lowest BCUT2D eigenvalue weighted by atomic mass is 9.85. The maximum absolute atomic E-state index is 11.8. The van der Waals surface area contributed by atoms with E-state index in [0.717, 1.165) is 30.9 Å². The lowest BCUT2D eigenvalue weighted by Gasteiger charge is -2.22. The van der Waals surface area contributed by atoms with Gasteiger partial charge < -0.3 is 5.32 Å². The van der Waals surface area contributed by atoms with Gasteiger partial charge in [-0.15, -0.1) is 0 Å². The van der Waals surface area contributed by atoms with Gasteiger partial charge in [0.1, 0.15) is 0 Å². The molecular formula is C11H15N3O2S. The van der Waals surface area contributed by atoms with Crippen LogP contribution in [-0.2, 0) is 15.4 Å². The number of aromatic nitrogens is 1. The SMILES string of the molecule is CS(=O)(=O)N1C[C@]2(CCNC2)c2ncccc21. The number of hydrogen-bond acceptors (Lipinski definition) is 4. The molecule has 0 aromatic carbocycles. The molecule has 92 valence electrons. The van der Waals surface area contributed by atoms with Crippen molar-refractivity contribution in [3.63, 3.8) is 0 Å². The third-order valence-electron chi connectivity index (χ3n) is 3.65. The number of nitrogens with zero attached hydrogens (tertiary/aromatic N) is 2. The second-order valence-electron chi connectivity index (χ2n) is 4.85. The smallest absolute Gasteiger partial charge is 0.232 e. The van der Waals surface area contributed by atoms with Crippen LogP contribution in [0, 0.1) is 0 Å². The summed E-state index contributed by atoms with van der Waals surface area (Å²) >= 11 is 0. The van der Waals surface area contributed by atoms with Gasteiger partial charge in [0.2, 0.25) is 10.0 Å². The van der Waals surface area contributed by atoms with Gasteiger partial charge in [0.25, 0.3) is 0 Å². The molecule has 5 nitrogen and oxygen atoms in total. The van der Waals surface area contributed by atoms with Gasteiger partial charge in [-0.1, -0.05) is 0 Å². The molecule has 6 heteroatoms. The van der Waals surface area contributed by atoms with E-state index < -0.39 is 10.0 Å². The fourth-order valence-corrected chi connectivity index (χ4v) is 3.80. The molecule has 2 aliphatic heterocycles. The molecule has 3 heterocycles. The van der Waals surface area contributed by atoms with Crippen molar-refractivity contribution in [3.8, 4) is 0 Å². The van der Waals surface area contributed by atoms with Crippen molar-refractivity contribution < 1.29 is 8.42 Å². The summed E-state index contributed by atoms with van der Waals surface area (Å²) in [6.45, 7) is 2.25. The Bertz CT molecular complexity index is 550. The van der Waals surface area contributed by atoms with Crippen LogP contribution in [-0.4, -0.2) is 39.3 Å². The van der Waals surface area contributed by atoms with Crippen molar-refractivity contribution >= 4 is 15.7 Å². The van der Waals surface area contributed by atoms with Gasteiger partial charge in [0, 0.05) is 24.7 Å². The van der Waals surface area contributed by atoms with E-state index in [0.29, 0.717) is 6.54 Å². The first-order valence-electron chi connectivity index (χ1n) is 5.67. The minimum atomic E-state index is -3.21. The highest BCUT2D eigenvalue weighted by Gasteiger charge is 2.48. The Labute approximate surface area is 101 Å². The van der Waals surface area contributed by atoms with E-state index in [1.807, 2.05) is 6.07 Å². The second-order valence-corrected chi connectivity index (χ2v) is 6.75. The zero-order chi connectivity index (χ0) is 12.1. The maximum atomic E-state index is 11.8. The summed E-state index contributed by atoms with van der Waals surface area (Å²) in [4.78, 5) is 4.41. The number of fused-ring (bicyclic) bond motifs is 2. The van der Waals surface area contributed by atoms with Crippen LogP contribution < -0.4 is 9.62 Å². The molecule has 1 fully saturated rings. The highest BCUT2D eigenvalue weighted by molar-refractivity contribution is 7.92. The van der Waals surface area contributed by atoms with Crippen molar-refractivity contribution in [2.24, 2.45) is 0 Å². The first-order chi connectivity index (χ1) is 8.03. The van der Waals surface area contributed by atoms with Gasteiger partial charge in [0.15, 0.2) is 0 Å². The minimum Gasteiger partial charge on any atom is -0.316 e. The highest BCUT2D eigenvalue weighted by atomic mass is 32.2. The van der Waals surface area contributed by atoms with Gasteiger partial charge >= 0.3 is 0 Å². The number of pyridine rings is 1. The Morgan fingerprint density at radius 3 is 3.00 bits per heavy atom. The third-order valence-corrected chi connectivity index (χ3v) is 4.77. The Kier molecular flexibility index (Phi) is 2.21. The fourth-order valence-electron chi connectivity index (χ4n) is 2.82. The second kappa shape index (κ2) is 3.43. The van der Waals surface area contributed by atoms with E-state index in [4.69, 9.17) is 0 Å². The Balaban J connectivity index is 2.16. The molecule has 3 rings (SSSR count). The monoisotopic (exact) mass is 253 g/mol. The van der Waals surface area contributed by atoms with E-state index in [-0.39, 0.29) is 5.41 Å². The summed E-state index contributed by atoms with van der Waals surface area (Å²) in [7, 11) is -3.21. The van der Waals surface area contributed by atoms with Crippen molar-refractivity contribution in [2.45, 2.75) is 11.8 Å². The highest BCUT2D eigenvalue weighted by Crippen LogP contribution is 2.43. The van der Waals surface area contributed by atoms with Crippen molar-refractivity contribution in [3.05, 3.63) is 24.0 Å². The summed E-state index contributed by atoms with van der Waals surface area (Å²) in [5.41, 5.74) is 1.55. The quantitative estimate of drug-likeness (QED) is 0.770. The summed E-state index contributed by atoms with van der Waals surface area (Å²) in [5, 5.41) is 3.31. The molecule has 17 heavy (non-hydrogen) atoms. The Hall–Kier alpha value is -1.14. The fraction of sp³-hybridized carbons (Fsp3) is 0.545. The summed E-state index contributed by atoms with van der Waals surface area (Å²) in [6, 6.07) is 3.63. The molecule has 0 amide bonds. The van der Waals surface area contributed by atoms with E-state index in [1.54, 1.807) is 12.3 Å². The van der Waals surface area contributed by atoms with E-state index >= 15 is 0 Å². The largest absolute Gasteiger partial charge is 0.316 e. The zero-order valence-corrected chi connectivity index (χ0v) is 10.5. The molecular weight excluding hydrogens is 238 g/mol. The molecule has 1 aromatic heterocycles. The number of anilines is 1. The zero-order valence-electron chi connectivity index (χ0n) is 9.68. The number of rotatable bonds is 1. The Morgan fingerprint density at radius 2 is 2.35 bits per heavy atom. The van der Waals surface area contributed by atoms with Crippen LogP contribution in [0.2, 0.25) is 0 Å². The first kappa shape index (κ1) is 11.0. The minimum absolute atomic E-state index is 0.125. The van der Waals surface area contributed by atoms with E-state index in [1.165, 1.54) is 10.6 Å². The number of hydrogen-bond donors (Lipinski definition) is 1. The van der Waals surface area contributed by atoms with Crippen LogP contribution in [0.5, 0.6) is 0 Å². The standard InChI is InChI=1S/C11H15N3O2S/c1-17(15,16)14-8-11(4-6-12-7-11)10-9(14)3-2-5-13-10/h2-3,5,12H,4,6-8H2,1H3/t11-/m1/s1. The third kappa shape index (κ3) is 1.55. The van der Waals surface area contributed by atoms with Crippen LogP contribution in [0.25, 0.3) is 0 Å². The molecule has 0 bridgehead atoms. The van der Waals surface area contributed by atoms with Gasteiger partial charge in [0.05, 0.1) is 17.6 Å². The van der Waals surface area contributed by atoms with Gasteiger partial charge in [-0.25, -0.2) is 8.42 Å². The first-order valence-corrected chi connectivity index (χ1v) is 7.52. The van der Waals surface area contributed by atoms with Crippen LogP contribution in [0.3, 0.4) is 0 Å². The van der Waals surface area contributed by atoms with Crippen LogP contribution in [0.15, 0.2) is 18.3 Å². The summed E-state index contributed by atoms with van der Waals surface area (Å²) in [6.07, 6.45) is 3.94. The molecule has 0 unspecified atom stereocenters. The lowest BCUT2D eigenvalue weighted by Crippen LogP contribution is -2.38. The van der Waals surface area contributed by atoms with Crippen LogP contribution in [0.4, 0.5) is 5.69 Å². The molecule has 1 saturated heterocycles. The molecule has 0 radical (unpaired) electrons. The molecule has 0 saturated carbocycles. The molecule has 0 aliphatic carbocycles. The topological polar surface area (TPSA) is 62.3 Å². The van der Waals surface area contributed by atoms with Crippen molar-refractivity contribution in [1.82, 2.24) is 10.3 Å². The molecule has 2 aliphatic rings. The van der Waals surface area contributed by atoms with Crippen molar-refractivity contribution in [1.29, 1.82) is 0 Å². The van der Waals surface area contributed by atoms with Crippen LogP contribution >= 0.6 is 0 Å². The van der Waals surface area contributed by atoms with E-state index in [2.05, 4.69) is 10.3 Å². The maximum Gasteiger partial charge on any atom is 0.232 e. The van der Waals surface area contributed by atoms with Gasteiger partial charge in [-0.2, -0.15) is 0 Å². The number of nitrogens with one attached hydrogen (secondary N) is 1. The Morgan fingerprint density at radius 1 is 1.53 bits per heavy atom. The molecule has 1 aromatic rings. The van der Waals surface area contributed by atoms with Gasteiger partial charge in [-0.3, -0.25) is 9.29 Å². The summed E-state index contributed by atoms with van der Waals surface area (Å²) in [5.74, 6) is 0. The normalized spacial score (nSPS) is 27.7. The summed E-state index contributed by atoms with van der Waals surface area (Å²) < 4.78 is 25.1. The van der Waals surface area contributed by atoms with Crippen molar-refractivity contribution in [2.75, 3.05) is 30.2 Å². The molecule has 1 spiro atoms. The predicted molar refractivity (Wildman–Crippen MR) is 65.6 cm³/mol. The molecule has 1 N–H and O–H groups in total. The van der Waals surface area contributed by atoms with Crippen LogP contribution in [0.1, 0.15) is 12.1 Å². The lowest BCUT2D eigenvalue weighted by molar-refractivity contribution is 0.495. The average molecular weight is 253 g/mol. The predicted octanol–water partition coefficient (Wildman–Crippen LogP) is 0.0923.